The van der Waals surface area contributed by atoms with Gasteiger partial charge in [0.25, 0.3) is 0 Å². The molecule has 0 spiro atoms. The van der Waals surface area contributed by atoms with E-state index in [1.54, 1.807) is 11.8 Å². The molecule has 0 unspecified atom stereocenters. The highest BCUT2D eigenvalue weighted by atomic mass is 32.2. The van der Waals surface area contributed by atoms with Crippen LogP contribution in [0.4, 0.5) is 4.79 Å². The molecule has 2 amide bonds. The highest BCUT2D eigenvalue weighted by Gasteiger charge is 2.37. The molecular formula is C13H22N2OS. The van der Waals surface area contributed by atoms with Gasteiger partial charge in [-0.3, -0.25) is 0 Å². The summed E-state index contributed by atoms with van der Waals surface area (Å²) in [6, 6.07) is 0.138. The molecule has 0 radical (unpaired) electrons. The molecule has 17 heavy (non-hydrogen) atoms. The van der Waals surface area contributed by atoms with E-state index in [1.807, 2.05) is 11.0 Å². The predicted molar refractivity (Wildman–Crippen MR) is 73.3 cm³/mol. The van der Waals surface area contributed by atoms with Gasteiger partial charge in [-0.05, 0) is 24.7 Å². The SMILES string of the molecule is C=CCSCCNC(=O)N1C[C@H]2CCC[C@H]2C1. The Kier molecular flexibility index (Phi) is 4.77. The second-order valence-corrected chi connectivity index (χ2v) is 6.10. The Balaban J connectivity index is 1.62. The number of hydrogen-bond acceptors (Lipinski definition) is 2. The summed E-state index contributed by atoms with van der Waals surface area (Å²) < 4.78 is 0. The Hall–Kier alpha value is -0.640. The summed E-state index contributed by atoms with van der Waals surface area (Å²) in [5.74, 6) is 3.51. The van der Waals surface area contributed by atoms with Crippen molar-refractivity contribution in [3.63, 3.8) is 0 Å². The van der Waals surface area contributed by atoms with E-state index in [1.165, 1.54) is 19.3 Å². The van der Waals surface area contributed by atoms with E-state index in [0.717, 1.165) is 43.0 Å². The monoisotopic (exact) mass is 254 g/mol. The lowest BCUT2D eigenvalue weighted by atomic mass is 10.0. The van der Waals surface area contributed by atoms with Gasteiger partial charge in [-0.2, -0.15) is 11.8 Å². The molecule has 1 aliphatic heterocycles. The van der Waals surface area contributed by atoms with Gasteiger partial charge >= 0.3 is 6.03 Å². The lowest BCUT2D eigenvalue weighted by Gasteiger charge is -2.17. The maximum Gasteiger partial charge on any atom is 0.317 e. The summed E-state index contributed by atoms with van der Waals surface area (Å²) in [6.45, 7) is 6.40. The minimum atomic E-state index is 0.138. The first-order valence-corrected chi connectivity index (χ1v) is 7.68. The molecule has 2 aliphatic rings. The Morgan fingerprint density at radius 1 is 1.41 bits per heavy atom. The lowest BCUT2D eigenvalue weighted by molar-refractivity contribution is 0.206. The molecule has 0 bridgehead atoms. The third kappa shape index (κ3) is 3.41. The van der Waals surface area contributed by atoms with Crippen molar-refractivity contribution in [2.75, 3.05) is 31.1 Å². The summed E-state index contributed by atoms with van der Waals surface area (Å²) >= 11 is 1.80. The molecule has 0 aromatic carbocycles. The van der Waals surface area contributed by atoms with E-state index in [9.17, 15) is 4.79 Å². The number of nitrogens with zero attached hydrogens (tertiary/aromatic N) is 1. The number of amides is 2. The van der Waals surface area contributed by atoms with Crippen LogP contribution in [-0.2, 0) is 0 Å². The highest BCUT2D eigenvalue weighted by molar-refractivity contribution is 7.99. The van der Waals surface area contributed by atoms with Crippen molar-refractivity contribution in [2.24, 2.45) is 11.8 Å². The second-order valence-electron chi connectivity index (χ2n) is 4.95. The van der Waals surface area contributed by atoms with Gasteiger partial charge < -0.3 is 10.2 Å². The standard InChI is InChI=1S/C13H22N2OS/c1-2-7-17-8-6-14-13(16)15-9-11-4-3-5-12(11)10-15/h2,11-12H,1,3-10H2,(H,14,16)/t11-,12+. The third-order valence-corrected chi connectivity index (χ3v) is 4.74. The Labute approximate surface area is 108 Å². The predicted octanol–water partition coefficient (Wildman–Crippen LogP) is 2.35. The fourth-order valence-corrected chi connectivity index (χ4v) is 3.49. The molecule has 2 rings (SSSR count). The van der Waals surface area contributed by atoms with Crippen molar-refractivity contribution in [2.45, 2.75) is 19.3 Å². The minimum absolute atomic E-state index is 0.138. The molecule has 96 valence electrons. The normalized spacial score (nSPS) is 26.9. The summed E-state index contributed by atoms with van der Waals surface area (Å²) in [5.41, 5.74) is 0. The largest absolute Gasteiger partial charge is 0.337 e. The van der Waals surface area contributed by atoms with E-state index in [2.05, 4.69) is 11.9 Å². The smallest absolute Gasteiger partial charge is 0.317 e. The number of carbonyl (C=O) groups is 1. The fourth-order valence-electron chi connectivity index (χ4n) is 2.91. The summed E-state index contributed by atoms with van der Waals surface area (Å²) in [4.78, 5) is 13.9. The summed E-state index contributed by atoms with van der Waals surface area (Å²) in [5, 5.41) is 3.00. The average molecular weight is 254 g/mol. The first-order chi connectivity index (χ1) is 8.31. The number of rotatable bonds is 5. The molecule has 1 saturated heterocycles. The van der Waals surface area contributed by atoms with E-state index in [-0.39, 0.29) is 6.03 Å². The molecule has 0 aromatic rings. The van der Waals surface area contributed by atoms with Crippen LogP contribution in [0.5, 0.6) is 0 Å². The summed E-state index contributed by atoms with van der Waals surface area (Å²) in [7, 11) is 0. The van der Waals surface area contributed by atoms with Crippen molar-refractivity contribution in [1.29, 1.82) is 0 Å². The second kappa shape index (κ2) is 6.34. The van der Waals surface area contributed by atoms with Crippen LogP contribution in [0.1, 0.15) is 19.3 Å². The van der Waals surface area contributed by atoms with E-state index in [0.29, 0.717) is 0 Å². The van der Waals surface area contributed by atoms with Crippen LogP contribution in [0.15, 0.2) is 12.7 Å². The van der Waals surface area contributed by atoms with E-state index in [4.69, 9.17) is 0 Å². The van der Waals surface area contributed by atoms with Crippen LogP contribution in [0.25, 0.3) is 0 Å². The maximum absolute atomic E-state index is 11.9. The molecular weight excluding hydrogens is 232 g/mol. The molecule has 1 aliphatic carbocycles. The van der Waals surface area contributed by atoms with Gasteiger partial charge in [0.15, 0.2) is 0 Å². The first kappa shape index (κ1) is 12.8. The Morgan fingerprint density at radius 3 is 2.76 bits per heavy atom. The lowest BCUT2D eigenvalue weighted by Crippen LogP contribution is -2.39. The number of likely N-dealkylation sites (tertiary alicyclic amines) is 1. The van der Waals surface area contributed by atoms with Crippen molar-refractivity contribution in [1.82, 2.24) is 10.2 Å². The van der Waals surface area contributed by atoms with Gasteiger partial charge in [0.2, 0.25) is 0 Å². The van der Waals surface area contributed by atoms with Crippen LogP contribution in [-0.4, -0.2) is 42.1 Å². The molecule has 2 atom stereocenters. The molecule has 2 fully saturated rings. The highest BCUT2D eigenvalue weighted by Crippen LogP contribution is 2.37. The molecule has 1 N–H and O–H groups in total. The summed E-state index contributed by atoms with van der Waals surface area (Å²) in [6.07, 6.45) is 5.91. The van der Waals surface area contributed by atoms with Gasteiger partial charge in [-0.15, -0.1) is 6.58 Å². The van der Waals surface area contributed by atoms with Crippen molar-refractivity contribution < 1.29 is 4.79 Å². The van der Waals surface area contributed by atoms with Crippen molar-refractivity contribution >= 4 is 17.8 Å². The number of thioether (sulfide) groups is 1. The van der Waals surface area contributed by atoms with Gasteiger partial charge in [-0.25, -0.2) is 4.79 Å². The molecule has 1 heterocycles. The maximum atomic E-state index is 11.9. The number of fused-ring (bicyclic) bond motifs is 1. The molecule has 1 saturated carbocycles. The number of nitrogens with one attached hydrogen (secondary N) is 1. The van der Waals surface area contributed by atoms with E-state index < -0.39 is 0 Å². The molecule has 0 aromatic heterocycles. The van der Waals surface area contributed by atoms with Gasteiger partial charge in [0, 0.05) is 31.1 Å². The van der Waals surface area contributed by atoms with Crippen LogP contribution < -0.4 is 5.32 Å². The van der Waals surface area contributed by atoms with Crippen LogP contribution in [0.3, 0.4) is 0 Å². The van der Waals surface area contributed by atoms with Crippen molar-refractivity contribution in [3.8, 4) is 0 Å². The van der Waals surface area contributed by atoms with E-state index >= 15 is 0 Å². The van der Waals surface area contributed by atoms with Crippen LogP contribution in [0.2, 0.25) is 0 Å². The van der Waals surface area contributed by atoms with Crippen molar-refractivity contribution in [3.05, 3.63) is 12.7 Å². The zero-order valence-corrected chi connectivity index (χ0v) is 11.2. The zero-order valence-electron chi connectivity index (χ0n) is 10.4. The first-order valence-electron chi connectivity index (χ1n) is 6.52. The quantitative estimate of drug-likeness (QED) is 0.603. The van der Waals surface area contributed by atoms with Crippen LogP contribution in [0, 0.1) is 11.8 Å². The van der Waals surface area contributed by atoms with Gasteiger partial charge in [0.05, 0.1) is 0 Å². The number of urea groups is 1. The van der Waals surface area contributed by atoms with Crippen LogP contribution >= 0.6 is 11.8 Å². The Morgan fingerprint density at radius 2 is 2.12 bits per heavy atom. The number of carbonyl (C=O) groups excluding carboxylic acids is 1. The third-order valence-electron chi connectivity index (χ3n) is 3.77. The minimum Gasteiger partial charge on any atom is -0.337 e. The zero-order chi connectivity index (χ0) is 12.1. The number of hydrogen-bond donors (Lipinski definition) is 1. The fraction of sp³-hybridized carbons (Fsp3) is 0.769. The molecule has 4 heteroatoms. The molecule has 3 nitrogen and oxygen atoms in total. The van der Waals surface area contributed by atoms with Gasteiger partial charge in [0.1, 0.15) is 0 Å². The van der Waals surface area contributed by atoms with Gasteiger partial charge in [-0.1, -0.05) is 12.5 Å². The average Bonchev–Trinajstić information content (AvgIpc) is 2.88. The Bertz CT molecular complexity index is 271. The topological polar surface area (TPSA) is 32.3 Å².